The summed E-state index contributed by atoms with van der Waals surface area (Å²) in [6.07, 6.45) is 1.52. The van der Waals surface area contributed by atoms with E-state index in [0.29, 0.717) is 24.5 Å². The molecule has 1 aliphatic rings. The number of benzene rings is 1. The van der Waals surface area contributed by atoms with Crippen molar-refractivity contribution in [2.45, 2.75) is 6.54 Å². The van der Waals surface area contributed by atoms with Crippen LogP contribution in [0.25, 0.3) is 0 Å². The quantitative estimate of drug-likeness (QED) is 0.938. The first-order chi connectivity index (χ1) is 11.1. The molecule has 0 saturated carbocycles. The zero-order valence-electron chi connectivity index (χ0n) is 12.8. The summed E-state index contributed by atoms with van der Waals surface area (Å²) in [4.78, 5) is 20.5. The normalized spacial score (nSPS) is 15.6. The van der Waals surface area contributed by atoms with Gasteiger partial charge in [0.05, 0.1) is 5.56 Å². The number of carbonyl (C=O) groups excluding carboxylic acids is 1. The van der Waals surface area contributed by atoms with E-state index in [4.69, 9.17) is 5.73 Å². The smallest absolute Gasteiger partial charge is 0.255 e. The standard InChI is InChI=1S/C17H19FN4O/c18-15-4-1-13(2-5-15)12-21-7-9-22(10-8-21)17(23)14-3-6-16(19)20-11-14/h1-6,11H,7-10,12H2,(H2,19,20). The Morgan fingerprint density at radius 1 is 1.09 bits per heavy atom. The first-order valence-electron chi connectivity index (χ1n) is 7.59. The van der Waals surface area contributed by atoms with E-state index in [1.807, 2.05) is 4.90 Å². The predicted molar refractivity (Wildman–Crippen MR) is 86.2 cm³/mol. The molecule has 0 radical (unpaired) electrons. The summed E-state index contributed by atoms with van der Waals surface area (Å²) in [5, 5.41) is 0. The van der Waals surface area contributed by atoms with Crippen LogP contribution in [0, 0.1) is 5.82 Å². The third kappa shape index (κ3) is 3.84. The Balaban J connectivity index is 1.54. The van der Waals surface area contributed by atoms with Crippen LogP contribution < -0.4 is 5.73 Å². The Morgan fingerprint density at radius 2 is 1.78 bits per heavy atom. The van der Waals surface area contributed by atoms with Gasteiger partial charge in [-0.05, 0) is 29.8 Å². The number of halogens is 1. The van der Waals surface area contributed by atoms with Crippen molar-refractivity contribution in [3.8, 4) is 0 Å². The molecule has 120 valence electrons. The van der Waals surface area contributed by atoms with Gasteiger partial charge in [0.1, 0.15) is 11.6 Å². The highest BCUT2D eigenvalue weighted by Crippen LogP contribution is 2.12. The molecule has 0 atom stereocenters. The van der Waals surface area contributed by atoms with Crippen molar-refractivity contribution < 1.29 is 9.18 Å². The molecule has 0 aliphatic carbocycles. The molecular weight excluding hydrogens is 295 g/mol. The van der Waals surface area contributed by atoms with Gasteiger partial charge in [-0.1, -0.05) is 12.1 Å². The van der Waals surface area contributed by atoms with Gasteiger partial charge in [-0.3, -0.25) is 9.69 Å². The second-order valence-corrected chi connectivity index (χ2v) is 5.67. The Hall–Kier alpha value is -2.47. The summed E-state index contributed by atoms with van der Waals surface area (Å²) in [5.74, 6) is 0.172. The number of pyridine rings is 1. The second-order valence-electron chi connectivity index (χ2n) is 5.67. The monoisotopic (exact) mass is 314 g/mol. The van der Waals surface area contributed by atoms with Gasteiger partial charge < -0.3 is 10.6 Å². The van der Waals surface area contributed by atoms with Crippen LogP contribution in [0.3, 0.4) is 0 Å². The van der Waals surface area contributed by atoms with Crippen molar-refractivity contribution >= 4 is 11.7 Å². The topological polar surface area (TPSA) is 62.5 Å². The number of amides is 1. The third-order valence-corrected chi connectivity index (χ3v) is 4.01. The number of piperazine rings is 1. The molecule has 5 nitrogen and oxygen atoms in total. The van der Waals surface area contributed by atoms with Crippen LogP contribution in [-0.2, 0) is 6.54 Å². The molecule has 1 aromatic heterocycles. The van der Waals surface area contributed by atoms with E-state index in [-0.39, 0.29) is 11.7 Å². The fourth-order valence-corrected chi connectivity index (χ4v) is 2.67. The van der Waals surface area contributed by atoms with E-state index in [0.717, 1.165) is 25.2 Å². The van der Waals surface area contributed by atoms with E-state index in [1.165, 1.54) is 18.3 Å². The fourth-order valence-electron chi connectivity index (χ4n) is 2.67. The summed E-state index contributed by atoms with van der Waals surface area (Å²) in [7, 11) is 0. The van der Waals surface area contributed by atoms with Crippen LogP contribution in [0.5, 0.6) is 0 Å². The lowest BCUT2D eigenvalue weighted by atomic mass is 10.2. The second kappa shape index (κ2) is 6.75. The molecule has 2 aromatic rings. The molecule has 0 bridgehead atoms. The summed E-state index contributed by atoms with van der Waals surface area (Å²) in [6, 6.07) is 9.89. The molecule has 1 saturated heterocycles. The van der Waals surface area contributed by atoms with Gasteiger partial charge in [-0.25, -0.2) is 9.37 Å². The van der Waals surface area contributed by atoms with Gasteiger partial charge in [0.25, 0.3) is 5.91 Å². The number of aromatic nitrogens is 1. The van der Waals surface area contributed by atoms with Crippen LogP contribution in [0.1, 0.15) is 15.9 Å². The first kappa shape index (κ1) is 15.4. The van der Waals surface area contributed by atoms with Crippen LogP contribution in [-0.4, -0.2) is 46.9 Å². The van der Waals surface area contributed by atoms with Crippen molar-refractivity contribution in [2.24, 2.45) is 0 Å². The maximum absolute atomic E-state index is 12.9. The number of nitrogen functional groups attached to an aromatic ring is 1. The molecule has 0 spiro atoms. The van der Waals surface area contributed by atoms with Crippen molar-refractivity contribution in [3.63, 3.8) is 0 Å². The minimum atomic E-state index is -0.221. The van der Waals surface area contributed by atoms with E-state index < -0.39 is 0 Å². The lowest BCUT2D eigenvalue weighted by Crippen LogP contribution is -2.48. The molecule has 1 fully saturated rings. The predicted octanol–water partition coefficient (Wildman–Crippen LogP) is 1.76. The number of anilines is 1. The van der Waals surface area contributed by atoms with Gasteiger partial charge >= 0.3 is 0 Å². The summed E-state index contributed by atoms with van der Waals surface area (Å²) < 4.78 is 12.9. The summed E-state index contributed by atoms with van der Waals surface area (Å²) in [5.41, 5.74) is 7.18. The number of rotatable bonds is 3. The Kier molecular flexibility index (Phi) is 4.52. The largest absolute Gasteiger partial charge is 0.384 e. The van der Waals surface area contributed by atoms with Crippen molar-refractivity contribution in [1.29, 1.82) is 0 Å². The zero-order chi connectivity index (χ0) is 16.2. The van der Waals surface area contributed by atoms with Crippen molar-refractivity contribution in [1.82, 2.24) is 14.8 Å². The highest BCUT2D eigenvalue weighted by Gasteiger charge is 2.22. The fraction of sp³-hybridized carbons (Fsp3) is 0.294. The molecule has 1 amide bonds. The molecule has 23 heavy (non-hydrogen) atoms. The lowest BCUT2D eigenvalue weighted by Gasteiger charge is -2.34. The highest BCUT2D eigenvalue weighted by molar-refractivity contribution is 5.94. The SMILES string of the molecule is Nc1ccc(C(=O)N2CCN(Cc3ccc(F)cc3)CC2)cn1. The average Bonchev–Trinajstić information content (AvgIpc) is 2.58. The number of carbonyl (C=O) groups is 1. The highest BCUT2D eigenvalue weighted by atomic mass is 19.1. The molecular formula is C17H19FN4O. The molecule has 2 heterocycles. The molecule has 1 aliphatic heterocycles. The van der Waals surface area contributed by atoms with Gasteiger partial charge in [0.2, 0.25) is 0 Å². The van der Waals surface area contributed by atoms with Gasteiger partial charge in [0, 0.05) is 38.9 Å². The maximum Gasteiger partial charge on any atom is 0.255 e. The molecule has 3 rings (SSSR count). The third-order valence-electron chi connectivity index (χ3n) is 4.01. The van der Waals surface area contributed by atoms with Gasteiger partial charge in [0.15, 0.2) is 0 Å². The number of nitrogens with two attached hydrogens (primary N) is 1. The summed E-state index contributed by atoms with van der Waals surface area (Å²) >= 11 is 0. The van der Waals surface area contributed by atoms with E-state index in [1.54, 1.807) is 24.3 Å². The van der Waals surface area contributed by atoms with E-state index in [2.05, 4.69) is 9.88 Å². The molecule has 2 N–H and O–H groups in total. The van der Waals surface area contributed by atoms with Crippen LogP contribution in [0.4, 0.5) is 10.2 Å². The van der Waals surface area contributed by atoms with Crippen molar-refractivity contribution in [2.75, 3.05) is 31.9 Å². The number of hydrogen-bond donors (Lipinski definition) is 1. The van der Waals surface area contributed by atoms with Gasteiger partial charge in [-0.2, -0.15) is 0 Å². The Bertz CT molecular complexity index is 664. The average molecular weight is 314 g/mol. The van der Waals surface area contributed by atoms with Crippen LogP contribution in [0.15, 0.2) is 42.6 Å². The summed E-state index contributed by atoms with van der Waals surface area (Å²) in [6.45, 7) is 3.71. The number of nitrogens with zero attached hydrogens (tertiary/aromatic N) is 3. The zero-order valence-corrected chi connectivity index (χ0v) is 12.8. The first-order valence-corrected chi connectivity index (χ1v) is 7.59. The minimum Gasteiger partial charge on any atom is -0.384 e. The minimum absolute atomic E-state index is 0.0149. The van der Waals surface area contributed by atoms with Crippen molar-refractivity contribution in [3.05, 3.63) is 59.5 Å². The molecule has 0 unspecified atom stereocenters. The van der Waals surface area contributed by atoms with Crippen LogP contribution in [0.2, 0.25) is 0 Å². The lowest BCUT2D eigenvalue weighted by molar-refractivity contribution is 0.0628. The number of hydrogen-bond acceptors (Lipinski definition) is 4. The maximum atomic E-state index is 12.9. The Labute approximate surface area is 134 Å². The Morgan fingerprint density at radius 3 is 2.39 bits per heavy atom. The van der Waals surface area contributed by atoms with Gasteiger partial charge in [-0.15, -0.1) is 0 Å². The molecule has 6 heteroatoms. The molecule has 1 aromatic carbocycles. The van der Waals surface area contributed by atoms with E-state index >= 15 is 0 Å². The van der Waals surface area contributed by atoms with E-state index in [9.17, 15) is 9.18 Å². The van der Waals surface area contributed by atoms with Crippen LogP contribution >= 0.6 is 0 Å².